The highest BCUT2D eigenvalue weighted by Crippen LogP contribution is 2.31. The summed E-state index contributed by atoms with van der Waals surface area (Å²) in [6, 6.07) is -2.34. The van der Waals surface area contributed by atoms with Crippen molar-refractivity contribution in [1.82, 2.24) is 0 Å². The number of carbonyl (C=O) groups is 1. The molecule has 0 heterocycles. The van der Waals surface area contributed by atoms with E-state index >= 15 is 0 Å². The lowest BCUT2D eigenvalue weighted by Crippen LogP contribution is -2.52. The standard InChI is InChI=1S/C6H10F3NO2/c1-5(2,4(11)12)3(10)6(7,8)9/h3H,10H2,1-2H3,(H,11,12)/t3-/m0/s1. The van der Waals surface area contributed by atoms with Crippen molar-refractivity contribution in [2.24, 2.45) is 11.1 Å². The van der Waals surface area contributed by atoms with E-state index < -0.39 is 23.6 Å². The molecule has 3 nitrogen and oxygen atoms in total. The van der Waals surface area contributed by atoms with E-state index in [0.29, 0.717) is 0 Å². The summed E-state index contributed by atoms with van der Waals surface area (Å²) in [5, 5.41) is 8.40. The number of rotatable bonds is 2. The fourth-order valence-corrected chi connectivity index (χ4v) is 0.542. The number of nitrogens with two attached hydrogens (primary N) is 1. The molecule has 1 atom stereocenters. The van der Waals surface area contributed by atoms with Gasteiger partial charge in [0.2, 0.25) is 0 Å². The molecule has 0 aromatic carbocycles. The van der Waals surface area contributed by atoms with Crippen molar-refractivity contribution in [3.63, 3.8) is 0 Å². The summed E-state index contributed by atoms with van der Waals surface area (Å²) in [5.41, 5.74) is 2.74. The highest BCUT2D eigenvalue weighted by molar-refractivity contribution is 5.74. The summed E-state index contributed by atoms with van der Waals surface area (Å²) in [4.78, 5) is 10.3. The largest absolute Gasteiger partial charge is 0.481 e. The van der Waals surface area contributed by atoms with Crippen LogP contribution in [-0.2, 0) is 4.79 Å². The average Bonchev–Trinajstić information content (AvgIpc) is 1.83. The van der Waals surface area contributed by atoms with Crippen molar-refractivity contribution in [2.45, 2.75) is 26.1 Å². The fraction of sp³-hybridized carbons (Fsp3) is 0.833. The van der Waals surface area contributed by atoms with Gasteiger partial charge in [0.1, 0.15) is 6.04 Å². The molecule has 0 amide bonds. The Balaban J connectivity index is 4.69. The van der Waals surface area contributed by atoms with Gasteiger partial charge in [-0.05, 0) is 13.8 Å². The maximum Gasteiger partial charge on any atom is 0.404 e. The molecule has 3 N–H and O–H groups in total. The molecule has 0 aromatic heterocycles. The number of hydrogen-bond donors (Lipinski definition) is 2. The van der Waals surface area contributed by atoms with Crippen LogP contribution in [0.2, 0.25) is 0 Å². The zero-order chi connectivity index (χ0) is 10.2. The molecule has 0 radical (unpaired) electrons. The number of halogens is 3. The molecule has 0 aliphatic carbocycles. The van der Waals surface area contributed by atoms with E-state index in [1.165, 1.54) is 0 Å². The lowest BCUT2D eigenvalue weighted by atomic mass is 9.85. The van der Waals surface area contributed by atoms with Gasteiger partial charge in [0.25, 0.3) is 0 Å². The first-order valence-electron chi connectivity index (χ1n) is 3.16. The molecule has 12 heavy (non-hydrogen) atoms. The van der Waals surface area contributed by atoms with Gasteiger partial charge in [-0.1, -0.05) is 0 Å². The summed E-state index contributed by atoms with van der Waals surface area (Å²) in [5.74, 6) is -1.56. The van der Waals surface area contributed by atoms with Crippen molar-refractivity contribution in [1.29, 1.82) is 0 Å². The topological polar surface area (TPSA) is 63.3 Å². The second-order valence-corrected chi connectivity index (χ2v) is 3.05. The molecule has 0 spiro atoms. The summed E-state index contributed by atoms with van der Waals surface area (Å²) in [7, 11) is 0. The van der Waals surface area contributed by atoms with Crippen LogP contribution in [0.4, 0.5) is 13.2 Å². The van der Waals surface area contributed by atoms with Crippen LogP contribution >= 0.6 is 0 Å². The molecule has 0 saturated carbocycles. The van der Waals surface area contributed by atoms with Gasteiger partial charge in [-0.2, -0.15) is 13.2 Å². The van der Waals surface area contributed by atoms with Gasteiger partial charge in [-0.15, -0.1) is 0 Å². The molecule has 0 rings (SSSR count). The second kappa shape index (κ2) is 2.93. The van der Waals surface area contributed by atoms with Crippen molar-refractivity contribution in [2.75, 3.05) is 0 Å². The van der Waals surface area contributed by atoms with E-state index in [-0.39, 0.29) is 0 Å². The maximum atomic E-state index is 11.9. The summed E-state index contributed by atoms with van der Waals surface area (Å²) in [6.07, 6.45) is -4.68. The molecular formula is C6H10F3NO2. The average molecular weight is 185 g/mol. The van der Waals surface area contributed by atoms with E-state index in [9.17, 15) is 18.0 Å². The minimum Gasteiger partial charge on any atom is -0.481 e. The Morgan fingerprint density at radius 1 is 1.42 bits per heavy atom. The highest BCUT2D eigenvalue weighted by Gasteiger charge is 2.50. The van der Waals surface area contributed by atoms with Crippen LogP contribution in [-0.4, -0.2) is 23.3 Å². The Labute approximate surface area is 67.4 Å². The van der Waals surface area contributed by atoms with Gasteiger partial charge < -0.3 is 10.8 Å². The second-order valence-electron chi connectivity index (χ2n) is 3.05. The summed E-state index contributed by atoms with van der Waals surface area (Å²) >= 11 is 0. The highest BCUT2D eigenvalue weighted by atomic mass is 19.4. The molecular weight excluding hydrogens is 175 g/mol. The molecule has 0 aliphatic heterocycles. The first-order chi connectivity index (χ1) is 5.10. The molecule has 0 saturated heterocycles. The first-order valence-corrected chi connectivity index (χ1v) is 3.16. The third-order valence-corrected chi connectivity index (χ3v) is 1.68. The van der Waals surface area contributed by atoms with Gasteiger partial charge in [0.05, 0.1) is 5.41 Å². The van der Waals surface area contributed by atoms with Crippen LogP contribution < -0.4 is 5.73 Å². The third-order valence-electron chi connectivity index (χ3n) is 1.68. The molecule has 0 unspecified atom stereocenters. The Morgan fingerprint density at radius 3 is 1.83 bits per heavy atom. The zero-order valence-electron chi connectivity index (χ0n) is 6.64. The predicted molar refractivity (Wildman–Crippen MR) is 35.4 cm³/mol. The molecule has 0 aliphatic rings. The molecule has 6 heteroatoms. The molecule has 72 valence electrons. The Bertz CT molecular complexity index is 188. The van der Waals surface area contributed by atoms with Crippen molar-refractivity contribution >= 4 is 5.97 Å². The monoisotopic (exact) mass is 185 g/mol. The van der Waals surface area contributed by atoms with E-state index in [4.69, 9.17) is 10.8 Å². The van der Waals surface area contributed by atoms with Crippen LogP contribution in [0.15, 0.2) is 0 Å². The van der Waals surface area contributed by atoms with Gasteiger partial charge in [-0.3, -0.25) is 4.79 Å². The SMILES string of the molecule is CC(C)(C(=O)O)[C@H](N)C(F)(F)F. The lowest BCUT2D eigenvalue weighted by Gasteiger charge is -2.28. The van der Waals surface area contributed by atoms with E-state index in [2.05, 4.69) is 0 Å². The zero-order valence-corrected chi connectivity index (χ0v) is 6.64. The van der Waals surface area contributed by atoms with Crippen LogP contribution in [0.25, 0.3) is 0 Å². The van der Waals surface area contributed by atoms with E-state index in [1.54, 1.807) is 0 Å². The normalized spacial score (nSPS) is 15.8. The maximum absolute atomic E-state index is 11.9. The van der Waals surface area contributed by atoms with E-state index in [0.717, 1.165) is 13.8 Å². The number of aliphatic carboxylic acids is 1. The summed E-state index contributed by atoms with van der Waals surface area (Å²) in [6.45, 7) is 1.88. The number of carboxylic acids is 1. The number of alkyl halides is 3. The smallest absolute Gasteiger partial charge is 0.404 e. The Morgan fingerprint density at radius 2 is 1.75 bits per heavy atom. The minimum atomic E-state index is -4.68. The van der Waals surface area contributed by atoms with Gasteiger partial charge >= 0.3 is 12.1 Å². The van der Waals surface area contributed by atoms with E-state index in [1.807, 2.05) is 0 Å². The Kier molecular flexibility index (Phi) is 2.74. The van der Waals surface area contributed by atoms with Crippen LogP contribution in [0.1, 0.15) is 13.8 Å². The fourth-order valence-electron chi connectivity index (χ4n) is 0.542. The van der Waals surface area contributed by atoms with Crippen molar-refractivity contribution in [3.8, 4) is 0 Å². The number of carboxylic acid groups (broad SMARTS) is 1. The van der Waals surface area contributed by atoms with Crippen molar-refractivity contribution < 1.29 is 23.1 Å². The minimum absolute atomic E-state index is 0.938. The van der Waals surface area contributed by atoms with Gasteiger partial charge in [0, 0.05) is 0 Å². The molecule has 0 fully saturated rings. The lowest BCUT2D eigenvalue weighted by molar-refractivity contribution is -0.184. The van der Waals surface area contributed by atoms with Gasteiger partial charge in [-0.25, -0.2) is 0 Å². The molecule has 0 bridgehead atoms. The predicted octanol–water partition coefficient (Wildman–Crippen LogP) is 0.987. The van der Waals surface area contributed by atoms with Crippen molar-refractivity contribution in [3.05, 3.63) is 0 Å². The number of hydrogen-bond acceptors (Lipinski definition) is 2. The van der Waals surface area contributed by atoms with Gasteiger partial charge in [0.15, 0.2) is 0 Å². The van der Waals surface area contributed by atoms with Crippen LogP contribution in [0.5, 0.6) is 0 Å². The first kappa shape index (κ1) is 11.2. The van der Waals surface area contributed by atoms with Crippen LogP contribution in [0, 0.1) is 5.41 Å². The summed E-state index contributed by atoms with van der Waals surface area (Å²) < 4.78 is 35.8. The third kappa shape index (κ3) is 2.10. The van der Waals surface area contributed by atoms with Crippen LogP contribution in [0.3, 0.4) is 0 Å². The molecule has 0 aromatic rings. The Hall–Kier alpha value is -0.780. The quantitative estimate of drug-likeness (QED) is 0.674.